The largest absolute Gasteiger partial charge is 0.256 e. The number of nitrogens with zero attached hydrogens (tertiary/aromatic N) is 1. The Morgan fingerprint density at radius 3 is 2.24 bits per heavy atom. The van der Waals surface area contributed by atoms with Crippen LogP contribution >= 0.6 is 0 Å². The van der Waals surface area contributed by atoms with E-state index in [0.29, 0.717) is 0 Å². The summed E-state index contributed by atoms with van der Waals surface area (Å²) < 4.78 is 0. The van der Waals surface area contributed by atoms with E-state index < -0.39 is 0 Å². The minimum atomic E-state index is 0.253. The third-order valence-corrected chi connectivity index (χ3v) is 3.51. The van der Waals surface area contributed by atoms with E-state index in [1.54, 1.807) is 0 Å². The van der Waals surface area contributed by atoms with Crippen molar-refractivity contribution < 1.29 is 0 Å². The molecule has 0 bridgehead atoms. The van der Waals surface area contributed by atoms with Crippen molar-refractivity contribution in [3.8, 4) is 11.3 Å². The predicted octanol–water partition coefficient (Wildman–Crippen LogP) is 4.44. The van der Waals surface area contributed by atoms with E-state index in [-0.39, 0.29) is 5.41 Å². The molecule has 1 heteroatoms. The molecular formula is C16H19N. The zero-order valence-electron chi connectivity index (χ0n) is 10.8. The Kier molecular flexibility index (Phi) is 3.28. The van der Waals surface area contributed by atoms with Crippen LogP contribution in [0.3, 0.4) is 0 Å². The second-order valence-electron chi connectivity index (χ2n) is 5.03. The van der Waals surface area contributed by atoms with Crippen LogP contribution in [-0.2, 0) is 5.41 Å². The third-order valence-electron chi connectivity index (χ3n) is 3.51. The van der Waals surface area contributed by atoms with Gasteiger partial charge < -0.3 is 0 Å². The van der Waals surface area contributed by atoms with Crippen LogP contribution < -0.4 is 0 Å². The fourth-order valence-electron chi connectivity index (χ4n) is 1.83. The van der Waals surface area contributed by atoms with Crippen LogP contribution in [0.4, 0.5) is 0 Å². The summed E-state index contributed by atoms with van der Waals surface area (Å²) in [6.45, 7) is 6.79. The summed E-state index contributed by atoms with van der Waals surface area (Å²) in [4.78, 5) is 4.36. The highest BCUT2D eigenvalue weighted by Crippen LogP contribution is 2.28. The molecule has 0 aliphatic carbocycles. The molecule has 2 aromatic rings. The first-order valence-corrected chi connectivity index (χ1v) is 6.15. The van der Waals surface area contributed by atoms with Crippen molar-refractivity contribution in [2.45, 2.75) is 32.6 Å². The molecular weight excluding hydrogens is 206 g/mol. The first-order valence-electron chi connectivity index (χ1n) is 6.15. The molecule has 0 saturated carbocycles. The van der Waals surface area contributed by atoms with Crippen LogP contribution in [0.1, 0.15) is 32.8 Å². The Morgan fingerprint density at radius 2 is 1.71 bits per heavy atom. The highest BCUT2D eigenvalue weighted by Gasteiger charge is 2.17. The highest BCUT2D eigenvalue weighted by atomic mass is 14.7. The molecule has 0 fully saturated rings. The van der Waals surface area contributed by atoms with Crippen molar-refractivity contribution in [3.63, 3.8) is 0 Å². The first-order chi connectivity index (χ1) is 8.13. The number of aromatic nitrogens is 1. The number of hydrogen-bond donors (Lipinski definition) is 0. The molecule has 0 aliphatic rings. The fraction of sp³-hybridized carbons (Fsp3) is 0.312. The minimum absolute atomic E-state index is 0.253. The van der Waals surface area contributed by atoms with Crippen molar-refractivity contribution in [1.29, 1.82) is 0 Å². The van der Waals surface area contributed by atoms with Gasteiger partial charge in [-0.15, -0.1) is 0 Å². The molecule has 1 nitrogen and oxygen atoms in total. The number of rotatable bonds is 3. The summed E-state index contributed by atoms with van der Waals surface area (Å²) in [5, 5.41) is 0. The second-order valence-corrected chi connectivity index (χ2v) is 5.03. The minimum Gasteiger partial charge on any atom is -0.256 e. The summed E-state index contributed by atoms with van der Waals surface area (Å²) in [6, 6.07) is 14.8. The standard InChI is InChI=1S/C16H19N/c1-4-16(2,3)14-10-8-13(9-11-14)15-7-5-6-12-17-15/h5-12H,4H2,1-3H3. The molecule has 0 radical (unpaired) electrons. The van der Waals surface area contributed by atoms with Gasteiger partial charge in [0.1, 0.15) is 0 Å². The molecule has 1 heterocycles. The molecule has 88 valence electrons. The van der Waals surface area contributed by atoms with Crippen molar-refractivity contribution in [3.05, 3.63) is 54.2 Å². The van der Waals surface area contributed by atoms with Crippen molar-refractivity contribution >= 4 is 0 Å². The maximum atomic E-state index is 4.36. The number of pyridine rings is 1. The summed E-state index contributed by atoms with van der Waals surface area (Å²) in [5.74, 6) is 0. The van der Waals surface area contributed by atoms with E-state index in [1.165, 1.54) is 11.1 Å². The quantitative estimate of drug-likeness (QED) is 0.752. The zero-order valence-corrected chi connectivity index (χ0v) is 10.8. The van der Waals surface area contributed by atoms with E-state index in [4.69, 9.17) is 0 Å². The van der Waals surface area contributed by atoms with E-state index >= 15 is 0 Å². The molecule has 0 saturated heterocycles. The van der Waals surface area contributed by atoms with Crippen molar-refractivity contribution in [2.24, 2.45) is 0 Å². The van der Waals surface area contributed by atoms with Gasteiger partial charge in [-0.3, -0.25) is 4.98 Å². The van der Waals surface area contributed by atoms with Crippen molar-refractivity contribution in [1.82, 2.24) is 4.98 Å². The fourth-order valence-corrected chi connectivity index (χ4v) is 1.83. The van der Waals surface area contributed by atoms with Gasteiger partial charge in [0.15, 0.2) is 0 Å². The lowest BCUT2D eigenvalue weighted by molar-refractivity contribution is 0.506. The average molecular weight is 225 g/mol. The van der Waals surface area contributed by atoms with Gasteiger partial charge in [0.2, 0.25) is 0 Å². The Hall–Kier alpha value is -1.63. The topological polar surface area (TPSA) is 12.9 Å². The smallest absolute Gasteiger partial charge is 0.0701 e. The molecule has 0 amide bonds. The Bertz CT molecular complexity index is 469. The first kappa shape index (κ1) is 11.8. The van der Waals surface area contributed by atoms with Crippen molar-refractivity contribution in [2.75, 3.05) is 0 Å². The lowest BCUT2D eigenvalue weighted by Gasteiger charge is -2.23. The Labute approximate surface area is 104 Å². The maximum absolute atomic E-state index is 4.36. The predicted molar refractivity (Wildman–Crippen MR) is 73.0 cm³/mol. The Balaban J connectivity index is 2.31. The zero-order chi connectivity index (χ0) is 12.3. The van der Waals surface area contributed by atoms with Crippen LogP contribution in [0.25, 0.3) is 11.3 Å². The molecule has 17 heavy (non-hydrogen) atoms. The molecule has 0 N–H and O–H groups in total. The molecule has 1 aromatic carbocycles. The van der Waals surface area contributed by atoms with Crippen LogP contribution in [-0.4, -0.2) is 4.98 Å². The highest BCUT2D eigenvalue weighted by molar-refractivity contribution is 5.59. The van der Waals surface area contributed by atoms with Gasteiger partial charge in [-0.1, -0.05) is 51.1 Å². The van der Waals surface area contributed by atoms with Crippen LogP contribution in [0.15, 0.2) is 48.7 Å². The maximum Gasteiger partial charge on any atom is 0.0701 e. The van der Waals surface area contributed by atoms with Gasteiger partial charge in [0.05, 0.1) is 5.69 Å². The Morgan fingerprint density at radius 1 is 1.00 bits per heavy atom. The average Bonchev–Trinajstić information content (AvgIpc) is 2.40. The summed E-state index contributed by atoms with van der Waals surface area (Å²) >= 11 is 0. The normalized spacial score (nSPS) is 11.5. The molecule has 0 spiro atoms. The van der Waals surface area contributed by atoms with Gasteiger partial charge in [-0.05, 0) is 29.5 Å². The van der Waals surface area contributed by atoms with Gasteiger partial charge in [0.25, 0.3) is 0 Å². The lowest BCUT2D eigenvalue weighted by Crippen LogP contribution is -2.14. The number of benzene rings is 1. The van der Waals surface area contributed by atoms with Crippen LogP contribution in [0.2, 0.25) is 0 Å². The lowest BCUT2D eigenvalue weighted by atomic mass is 9.82. The number of hydrogen-bond acceptors (Lipinski definition) is 1. The summed E-state index contributed by atoms with van der Waals surface area (Å²) in [5.41, 5.74) is 3.86. The molecule has 0 unspecified atom stereocenters. The molecule has 0 atom stereocenters. The molecule has 0 aliphatic heterocycles. The van der Waals surface area contributed by atoms with E-state index in [0.717, 1.165) is 12.1 Å². The monoisotopic (exact) mass is 225 g/mol. The summed E-state index contributed by atoms with van der Waals surface area (Å²) in [6.07, 6.45) is 2.98. The van der Waals surface area contributed by atoms with Gasteiger partial charge in [0, 0.05) is 11.8 Å². The third kappa shape index (κ3) is 2.55. The van der Waals surface area contributed by atoms with E-state index in [2.05, 4.69) is 50.0 Å². The van der Waals surface area contributed by atoms with E-state index in [1.807, 2.05) is 24.4 Å². The van der Waals surface area contributed by atoms with Crippen LogP contribution in [0.5, 0.6) is 0 Å². The van der Waals surface area contributed by atoms with E-state index in [9.17, 15) is 0 Å². The van der Waals surface area contributed by atoms with Crippen LogP contribution in [0, 0.1) is 0 Å². The van der Waals surface area contributed by atoms with Gasteiger partial charge in [-0.2, -0.15) is 0 Å². The SMILES string of the molecule is CCC(C)(C)c1ccc(-c2ccccn2)cc1. The van der Waals surface area contributed by atoms with Gasteiger partial charge in [-0.25, -0.2) is 0 Å². The second kappa shape index (κ2) is 4.70. The van der Waals surface area contributed by atoms with Gasteiger partial charge >= 0.3 is 0 Å². The molecule has 1 aromatic heterocycles. The molecule has 2 rings (SSSR count). The summed E-state index contributed by atoms with van der Waals surface area (Å²) in [7, 11) is 0.